The van der Waals surface area contributed by atoms with Gasteiger partial charge in [-0.05, 0) is 212 Å². The van der Waals surface area contributed by atoms with Crippen LogP contribution in [-0.2, 0) is 44.3 Å². The van der Waals surface area contributed by atoms with Crippen LogP contribution in [0.2, 0.25) is 0 Å². The first-order valence-corrected chi connectivity index (χ1v) is 32.6. The number of hydrogen-bond acceptors (Lipinski definition) is 3. The maximum Gasteiger partial charge on any atom is 0.248 e. The predicted molar refractivity (Wildman–Crippen MR) is 364 cm³/mol. The fourth-order valence-electron chi connectivity index (χ4n) is 16.8. The Morgan fingerprint density at radius 3 is 1.55 bits per heavy atom. The average molecular weight is 1110 g/mol. The van der Waals surface area contributed by atoms with Crippen LogP contribution < -0.4 is 25.6 Å². The van der Waals surface area contributed by atoms with E-state index >= 15 is 0 Å². The van der Waals surface area contributed by atoms with E-state index in [4.69, 9.17) is 0 Å². The van der Waals surface area contributed by atoms with Gasteiger partial charge in [0.2, 0.25) is 6.71 Å². The lowest BCUT2D eigenvalue weighted by Crippen LogP contribution is -2.62. The molecular weight excluding hydrogens is 1010 g/mol. The summed E-state index contributed by atoms with van der Waals surface area (Å²) in [6.07, 6.45) is 11.7. The molecule has 0 unspecified atom stereocenters. The van der Waals surface area contributed by atoms with Crippen molar-refractivity contribution < 1.29 is 0 Å². The van der Waals surface area contributed by atoms with Gasteiger partial charge in [-0.2, -0.15) is 0 Å². The Balaban J connectivity index is 1.21. The number of nitrogens with zero attached hydrogens (tertiary/aromatic N) is 3. The largest absolute Gasteiger partial charge is 0.336 e. The van der Waals surface area contributed by atoms with E-state index in [2.05, 4.69) is 273 Å². The molecule has 4 aliphatic carbocycles. The van der Waals surface area contributed by atoms with Crippen LogP contribution in [0.1, 0.15) is 232 Å². The van der Waals surface area contributed by atoms with Crippen LogP contribution in [-0.4, -0.2) is 12.3 Å². The van der Waals surface area contributed by atoms with Crippen molar-refractivity contribution in [2.24, 2.45) is 0 Å². The highest BCUT2D eigenvalue weighted by molar-refractivity contribution is 6.96. The quantitative estimate of drug-likeness (QED) is 0.147. The van der Waals surface area contributed by atoms with Crippen LogP contribution in [0.15, 0.2) is 139 Å². The lowest BCUT2D eigenvalue weighted by Gasteiger charge is -2.53. The van der Waals surface area contributed by atoms with Gasteiger partial charge in [-0.3, -0.25) is 0 Å². The van der Waals surface area contributed by atoms with Crippen molar-refractivity contribution in [2.75, 3.05) is 14.7 Å². The van der Waals surface area contributed by atoms with Crippen molar-refractivity contribution in [3.63, 3.8) is 0 Å². The molecule has 0 amide bonds. The minimum Gasteiger partial charge on any atom is -0.336 e. The fourth-order valence-corrected chi connectivity index (χ4v) is 16.8. The molecule has 2 aliphatic heterocycles. The molecule has 0 spiro atoms. The lowest BCUT2D eigenvalue weighted by molar-refractivity contribution is 0.318. The third kappa shape index (κ3) is 8.84. The molecule has 3 nitrogen and oxygen atoms in total. The van der Waals surface area contributed by atoms with Crippen LogP contribution in [0.25, 0.3) is 16.8 Å². The highest BCUT2D eigenvalue weighted by atomic mass is 15.2. The molecule has 1 saturated carbocycles. The van der Waals surface area contributed by atoms with E-state index in [1.807, 2.05) is 0 Å². The van der Waals surface area contributed by atoms with Crippen LogP contribution >= 0.6 is 0 Å². The number of aryl methyl sites for hydroxylation is 1. The number of rotatable bonds is 7. The topological polar surface area (TPSA) is 9.72 Å². The second-order valence-electron chi connectivity index (χ2n) is 32.4. The Bertz CT molecular complexity index is 3750. The molecule has 434 valence electrons. The Morgan fingerprint density at radius 1 is 0.476 bits per heavy atom. The van der Waals surface area contributed by atoms with Crippen LogP contribution in [0.4, 0.5) is 39.8 Å². The predicted octanol–water partition coefficient (Wildman–Crippen LogP) is 20.9. The van der Waals surface area contributed by atoms with Gasteiger partial charge in [0.05, 0.1) is 5.69 Å². The van der Waals surface area contributed by atoms with Crippen molar-refractivity contribution in [2.45, 2.75) is 232 Å². The highest BCUT2D eigenvalue weighted by Gasteiger charge is 2.56. The van der Waals surface area contributed by atoms with Crippen molar-refractivity contribution in [1.29, 1.82) is 0 Å². The van der Waals surface area contributed by atoms with Crippen LogP contribution in [0.3, 0.4) is 0 Å². The van der Waals surface area contributed by atoms with Crippen LogP contribution in [0.5, 0.6) is 0 Å². The van der Waals surface area contributed by atoms with Crippen molar-refractivity contribution in [3.05, 3.63) is 189 Å². The standard InChI is InChI=1S/C80H96BN3/c1-19-51-44-53(52-26-22-20-23-27-52)45-66-70(51)84(80(18)38-24-21-25-39-80)68-48-59(82(56-32-28-54(29-33-56)73(2,3)4)57-34-30-55(31-35-57)74(5,6)7)47-67-69(68)81(66)72-71(83(67)58-36-37-61-63(46-58)76(10,11)41-40-75(61,8)9)60-49-64-65(50-62(60)79(72,16)17)78(14,15)43-42-77(64,12)13/h20,22-23,26-37,44-50H,19,21,24-25,38-43H2,1-18H3. The summed E-state index contributed by atoms with van der Waals surface area (Å²) in [7, 11) is 0. The van der Waals surface area contributed by atoms with E-state index in [0.717, 1.165) is 25.7 Å². The zero-order valence-electron chi connectivity index (χ0n) is 54.7. The maximum absolute atomic E-state index is 2.97. The summed E-state index contributed by atoms with van der Waals surface area (Å²) in [6.45, 7) is 44.3. The first kappa shape index (κ1) is 56.9. The molecule has 0 N–H and O–H groups in total. The first-order chi connectivity index (χ1) is 39.4. The normalized spacial score (nSPS) is 20.1. The Hall–Kier alpha value is -6.26. The SMILES string of the molecule is CCc1cc(-c2ccccc2)cc2c1N(C1(C)CCCCC1)c1cc(N(c3ccc(C(C)(C)C)cc3)c3ccc(C(C)(C)C)cc3)cc3c1B2C1=C(c2cc4c(cc2C1(C)C)C(C)(C)CCC4(C)C)N3c1ccc2c(c1)C(C)(C)CCC2(C)C. The number of benzene rings is 7. The zero-order chi connectivity index (χ0) is 59.6. The Labute approximate surface area is 507 Å². The van der Waals surface area contributed by atoms with Gasteiger partial charge >= 0.3 is 0 Å². The third-order valence-corrected chi connectivity index (χ3v) is 22.3. The van der Waals surface area contributed by atoms with E-state index in [9.17, 15) is 0 Å². The van der Waals surface area contributed by atoms with Crippen molar-refractivity contribution >= 4 is 63.1 Å². The molecule has 13 rings (SSSR count). The Morgan fingerprint density at radius 2 is 1.00 bits per heavy atom. The van der Waals surface area contributed by atoms with Gasteiger partial charge in [0.1, 0.15) is 0 Å². The molecule has 0 radical (unpaired) electrons. The fraction of sp³-hybridized carbons (Fsp3) is 0.450. The molecule has 0 bridgehead atoms. The molecule has 84 heavy (non-hydrogen) atoms. The number of fused-ring (bicyclic) bond motifs is 7. The summed E-state index contributed by atoms with van der Waals surface area (Å²) < 4.78 is 0. The number of anilines is 7. The molecule has 0 atom stereocenters. The lowest BCUT2D eigenvalue weighted by atomic mass is 9.30. The molecule has 0 saturated heterocycles. The molecule has 4 heteroatoms. The average Bonchev–Trinajstić information content (AvgIpc) is 1.46. The summed E-state index contributed by atoms with van der Waals surface area (Å²) in [5.41, 5.74) is 30.3. The molecular formula is C80H96BN3. The van der Waals surface area contributed by atoms with E-state index in [1.165, 1.54) is 151 Å². The van der Waals surface area contributed by atoms with Gasteiger partial charge in [0.15, 0.2) is 0 Å². The highest BCUT2D eigenvalue weighted by Crippen LogP contribution is 2.61. The van der Waals surface area contributed by atoms with Gasteiger partial charge in [0, 0.05) is 56.3 Å². The monoisotopic (exact) mass is 1110 g/mol. The molecule has 7 aromatic carbocycles. The molecule has 1 fully saturated rings. The van der Waals surface area contributed by atoms with Crippen molar-refractivity contribution in [3.8, 4) is 11.1 Å². The minimum atomic E-state index is -0.317. The summed E-state index contributed by atoms with van der Waals surface area (Å²) >= 11 is 0. The van der Waals surface area contributed by atoms with E-state index in [0.29, 0.717) is 0 Å². The number of hydrogen-bond donors (Lipinski definition) is 0. The van der Waals surface area contributed by atoms with E-state index in [1.54, 1.807) is 11.0 Å². The summed E-state index contributed by atoms with van der Waals surface area (Å²) in [4.78, 5) is 8.43. The smallest absolute Gasteiger partial charge is 0.248 e. The van der Waals surface area contributed by atoms with Gasteiger partial charge in [0.25, 0.3) is 0 Å². The molecule has 6 aliphatic rings. The molecule has 0 aromatic heterocycles. The molecule has 2 heterocycles. The maximum atomic E-state index is 2.97. The van der Waals surface area contributed by atoms with E-state index in [-0.39, 0.29) is 50.2 Å². The zero-order valence-corrected chi connectivity index (χ0v) is 54.7. The third-order valence-electron chi connectivity index (χ3n) is 22.3. The minimum absolute atomic E-state index is 0.0123. The van der Waals surface area contributed by atoms with Gasteiger partial charge < -0.3 is 14.7 Å². The second-order valence-corrected chi connectivity index (χ2v) is 32.4. The second kappa shape index (κ2) is 19.1. The number of allylic oxidation sites excluding steroid dienone is 1. The van der Waals surface area contributed by atoms with Crippen molar-refractivity contribution in [1.82, 2.24) is 0 Å². The Kier molecular flexibility index (Phi) is 12.9. The first-order valence-electron chi connectivity index (χ1n) is 32.6. The van der Waals surface area contributed by atoms with Gasteiger partial charge in [-0.1, -0.05) is 215 Å². The van der Waals surface area contributed by atoms with Gasteiger partial charge in [-0.15, -0.1) is 0 Å². The van der Waals surface area contributed by atoms with Crippen LogP contribution in [0, 0.1) is 0 Å². The van der Waals surface area contributed by atoms with E-state index < -0.39 is 0 Å². The summed E-state index contributed by atoms with van der Waals surface area (Å²) in [6, 6.07) is 54.2. The summed E-state index contributed by atoms with van der Waals surface area (Å²) in [5.74, 6) is 0. The summed E-state index contributed by atoms with van der Waals surface area (Å²) in [5, 5.41) is 0. The van der Waals surface area contributed by atoms with Gasteiger partial charge in [-0.25, -0.2) is 0 Å². The molecule has 7 aromatic rings.